The van der Waals surface area contributed by atoms with Crippen LogP contribution in [-0.2, 0) is 4.74 Å². The van der Waals surface area contributed by atoms with E-state index in [-0.39, 0.29) is 5.91 Å². The number of ether oxygens (including phenoxy) is 1. The van der Waals surface area contributed by atoms with Gasteiger partial charge in [-0.15, -0.1) is 17.9 Å². The maximum absolute atomic E-state index is 11.7. The van der Waals surface area contributed by atoms with Crippen LogP contribution in [0.25, 0.3) is 0 Å². The standard InChI is InChI=1S/C11H17N3O2S/c1-3-4-14-11(15)10-8(12)7-9(17-10)13-5-6-16-2/h3,7,13H,1,4-6,12H2,2H3,(H,14,15). The lowest BCUT2D eigenvalue weighted by Gasteiger charge is -2.01. The number of carbonyl (C=O) groups excluding carboxylic acids is 1. The van der Waals surface area contributed by atoms with Crippen molar-refractivity contribution < 1.29 is 9.53 Å². The normalized spacial score (nSPS) is 9.94. The van der Waals surface area contributed by atoms with E-state index < -0.39 is 0 Å². The molecule has 5 nitrogen and oxygen atoms in total. The van der Waals surface area contributed by atoms with Crippen molar-refractivity contribution in [2.45, 2.75) is 0 Å². The molecule has 0 spiro atoms. The monoisotopic (exact) mass is 255 g/mol. The van der Waals surface area contributed by atoms with E-state index in [4.69, 9.17) is 10.5 Å². The molecule has 0 saturated heterocycles. The number of carbonyl (C=O) groups is 1. The smallest absolute Gasteiger partial charge is 0.263 e. The van der Waals surface area contributed by atoms with E-state index in [1.807, 2.05) is 0 Å². The van der Waals surface area contributed by atoms with Crippen molar-refractivity contribution in [3.8, 4) is 0 Å². The highest BCUT2D eigenvalue weighted by atomic mass is 32.1. The van der Waals surface area contributed by atoms with Crippen LogP contribution in [-0.4, -0.2) is 32.7 Å². The molecule has 0 radical (unpaired) electrons. The molecule has 4 N–H and O–H groups in total. The molecule has 17 heavy (non-hydrogen) atoms. The zero-order valence-corrected chi connectivity index (χ0v) is 10.6. The molecule has 1 heterocycles. The minimum Gasteiger partial charge on any atom is -0.397 e. The second-order valence-corrected chi connectivity index (χ2v) is 4.37. The van der Waals surface area contributed by atoms with Crippen molar-refractivity contribution in [1.29, 1.82) is 0 Å². The summed E-state index contributed by atoms with van der Waals surface area (Å²) < 4.78 is 4.92. The summed E-state index contributed by atoms with van der Waals surface area (Å²) in [4.78, 5) is 12.2. The van der Waals surface area contributed by atoms with Gasteiger partial charge in [0.05, 0.1) is 17.3 Å². The van der Waals surface area contributed by atoms with Crippen LogP contribution in [0, 0.1) is 0 Å². The van der Waals surface area contributed by atoms with Crippen LogP contribution >= 0.6 is 11.3 Å². The van der Waals surface area contributed by atoms with Crippen LogP contribution in [0.3, 0.4) is 0 Å². The molecule has 0 unspecified atom stereocenters. The van der Waals surface area contributed by atoms with Gasteiger partial charge in [0.2, 0.25) is 0 Å². The van der Waals surface area contributed by atoms with Gasteiger partial charge in [0, 0.05) is 20.2 Å². The first-order valence-corrected chi connectivity index (χ1v) is 6.02. The van der Waals surface area contributed by atoms with Crippen LogP contribution in [0.1, 0.15) is 9.67 Å². The lowest BCUT2D eigenvalue weighted by atomic mass is 10.3. The number of nitrogens with one attached hydrogen (secondary N) is 2. The van der Waals surface area contributed by atoms with Crippen molar-refractivity contribution in [2.75, 3.05) is 37.9 Å². The summed E-state index contributed by atoms with van der Waals surface area (Å²) in [5.74, 6) is -0.174. The number of nitrogens with two attached hydrogens (primary N) is 1. The fraction of sp³-hybridized carbons (Fsp3) is 0.364. The van der Waals surface area contributed by atoms with Gasteiger partial charge in [-0.1, -0.05) is 6.08 Å². The minimum atomic E-state index is -0.174. The summed E-state index contributed by atoms with van der Waals surface area (Å²) in [6.45, 7) is 5.26. The molecule has 0 aliphatic heterocycles. The first-order valence-electron chi connectivity index (χ1n) is 5.20. The van der Waals surface area contributed by atoms with Crippen molar-refractivity contribution in [2.24, 2.45) is 0 Å². The highest BCUT2D eigenvalue weighted by Crippen LogP contribution is 2.28. The second-order valence-electron chi connectivity index (χ2n) is 3.31. The Balaban J connectivity index is 2.60. The average molecular weight is 255 g/mol. The van der Waals surface area contributed by atoms with E-state index in [1.165, 1.54) is 11.3 Å². The molecule has 94 valence electrons. The third-order valence-corrected chi connectivity index (χ3v) is 3.09. The summed E-state index contributed by atoms with van der Waals surface area (Å²) in [6.07, 6.45) is 1.62. The zero-order chi connectivity index (χ0) is 12.7. The Bertz CT molecular complexity index is 390. The number of anilines is 2. The molecule has 1 rings (SSSR count). The van der Waals surface area contributed by atoms with Gasteiger partial charge >= 0.3 is 0 Å². The number of nitrogen functional groups attached to an aromatic ring is 1. The Morgan fingerprint density at radius 1 is 1.71 bits per heavy atom. The van der Waals surface area contributed by atoms with E-state index in [2.05, 4.69) is 17.2 Å². The van der Waals surface area contributed by atoms with Gasteiger partial charge in [0.1, 0.15) is 4.88 Å². The minimum absolute atomic E-state index is 0.174. The Labute approximate surface area is 105 Å². The number of methoxy groups -OCH3 is 1. The van der Waals surface area contributed by atoms with E-state index in [0.29, 0.717) is 30.3 Å². The first-order chi connectivity index (χ1) is 8.19. The Morgan fingerprint density at radius 3 is 3.12 bits per heavy atom. The highest BCUT2D eigenvalue weighted by molar-refractivity contribution is 7.18. The van der Waals surface area contributed by atoms with Gasteiger partial charge in [-0.3, -0.25) is 4.79 Å². The zero-order valence-electron chi connectivity index (χ0n) is 9.79. The lowest BCUT2D eigenvalue weighted by Crippen LogP contribution is -2.22. The summed E-state index contributed by atoms with van der Waals surface area (Å²) in [7, 11) is 1.64. The Kier molecular flexibility index (Phi) is 5.51. The fourth-order valence-corrected chi connectivity index (χ4v) is 2.11. The number of rotatable bonds is 7. The van der Waals surface area contributed by atoms with Crippen molar-refractivity contribution >= 4 is 27.9 Å². The van der Waals surface area contributed by atoms with Crippen molar-refractivity contribution in [3.63, 3.8) is 0 Å². The second kappa shape index (κ2) is 6.93. The predicted molar refractivity (Wildman–Crippen MR) is 71.6 cm³/mol. The fourth-order valence-electron chi connectivity index (χ4n) is 1.19. The van der Waals surface area contributed by atoms with Crippen LogP contribution in [0.4, 0.5) is 10.7 Å². The maximum atomic E-state index is 11.7. The summed E-state index contributed by atoms with van der Waals surface area (Å²) in [6, 6.07) is 1.75. The Morgan fingerprint density at radius 2 is 2.47 bits per heavy atom. The SMILES string of the molecule is C=CCNC(=O)c1sc(NCCOC)cc1N. The average Bonchev–Trinajstić information content (AvgIpc) is 2.68. The molecular weight excluding hydrogens is 238 g/mol. The molecule has 1 amide bonds. The highest BCUT2D eigenvalue weighted by Gasteiger charge is 2.13. The van der Waals surface area contributed by atoms with Crippen molar-refractivity contribution in [3.05, 3.63) is 23.6 Å². The number of hydrogen-bond donors (Lipinski definition) is 3. The molecule has 0 fully saturated rings. The van der Waals surface area contributed by atoms with Gasteiger partial charge in [-0.2, -0.15) is 0 Å². The first kappa shape index (κ1) is 13.5. The van der Waals surface area contributed by atoms with Crippen LogP contribution in [0.5, 0.6) is 0 Å². The largest absolute Gasteiger partial charge is 0.397 e. The van der Waals surface area contributed by atoms with Gasteiger partial charge < -0.3 is 21.1 Å². The summed E-state index contributed by atoms with van der Waals surface area (Å²) in [5.41, 5.74) is 6.25. The summed E-state index contributed by atoms with van der Waals surface area (Å²) >= 11 is 1.33. The molecule has 1 aromatic rings. The third-order valence-electron chi connectivity index (χ3n) is 1.98. The topological polar surface area (TPSA) is 76.4 Å². The molecule has 0 aliphatic rings. The van der Waals surface area contributed by atoms with E-state index in [0.717, 1.165) is 5.00 Å². The molecular formula is C11H17N3O2S. The van der Waals surface area contributed by atoms with Gasteiger partial charge in [-0.05, 0) is 6.07 Å². The summed E-state index contributed by atoms with van der Waals surface area (Å²) in [5, 5.41) is 6.69. The molecule has 0 bridgehead atoms. The number of thiophene rings is 1. The maximum Gasteiger partial charge on any atom is 0.263 e. The van der Waals surface area contributed by atoms with Gasteiger partial charge in [-0.25, -0.2) is 0 Å². The molecule has 0 aliphatic carbocycles. The van der Waals surface area contributed by atoms with Gasteiger partial charge in [0.25, 0.3) is 5.91 Å². The number of amides is 1. The van der Waals surface area contributed by atoms with Crippen molar-refractivity contribution in [1.82, 2.24) is 5.32 Å². The van der Waals surface area contributed by atoms with E-state index >= 15 is 0 Å². The molecule has 6 heteroatoms. The molecule has 0 atom stereocenters. The predicted octanol–water partition coefficient (Wildman–Crippen LogP) is 1.30. The van der Waals surface area contributed by atoms with E-state index in [1.54, 1.807) is 19.3 Å². The lowest BCUT2D eigenvalue weighted by molar-refractivity contribution is 0.0963. The number of hydrogen-bond acceptors (Lipinski definition) is 5. The van der Waals surface area contributed by atoms with Crippen LogP contribution in [0.2, 0.25) is 0 Å². The third kappa shape index (κ3) is 4.08. The molecule has 0 saturated carbocycles. The van der Waals surface area contributed by atoms with Gasteiger partial charge in [0.15, 0.2) is 0 Å². The Hall–Kier alpha value is -1.53. The quantitative estimate of drug-likeness (QED) is 0.507. The van der Waals surface area contributed by atoms with E-state index in [9.17, 15) is 4.79 Å². The van der Waals surface area contributed by atoms with Crippen LogP contribution in [0.15, 0.2) is 18.7 Å². The molecule has 1 aromatic heterocycles. The molecule has 0 aromatic carbocycles. The van der Waals surface area contributed by atoms with Crippen LogP contribution < -0.4 is 16.4 Å².